The number of allylic oxidation sites excluding steroid dienone is 3. The lowest BCUT2D eigenvalue weighted by Crippen LogP contribution is -2.20. The van der Waals surface area contributed by atoms with E-state index in [-0.39, 0.29) is 6.04 Å². The summed E-state index contributed by atoms with van der Waals surface area (Å²) in [6.07, 6.45) is 9.04. The van der Waals surface area contributed by atoms with E-state index in [0.717, 1.165) is 5.57 Å². The lowest BCUT2D eigenvalue weighted by atomic mass is 9.97. The van der Waals surface area contributed by atoms with E-state index in [1.165, 1.54) is 17.3 Å². The molecule has 1 aliphatic heterocycles. The summed E-state index contributed by atoms with van der Waals surface area (Å²) in [5.74, 6) is 0. The van der Waals surface area contributed by atoms with Crippen LogP contribution in [0, 0.1) is 4.91 Å². The van der Waals surface area contributed by atoms with Crippen LogP contribution in [0.4, 0.5) is 0 Å². The molecular formula is C19H16N2O. The Balaban J connectivity index is 1.98. The van der Waals surface area contributed by atoms with Gasteiger partial charge >= 0.3 is 0 Å². The zero-order valence-corrected chi connectivity index (χ0v) is 12.0. The molecule has 2 aromatic carbocycles. The normalized spacial score (nSPS) is 13.5. The van der Waals surface area contributed by atoms with Gasteiger partial charge in [-0.25, -0.2) is 0 Å². The van der Waals surface area contributed by atoms with Crippen molar-refractivity contribution >= 4 is 0 Å². The Labute approximate surface area is 129 Å². The van der Waals surface area contributed by atoms with Gasteiger partial charge in [-0.1, -0.05) is 60.7 Å². The minimum atomic E-state index is 0.0978. The molecule has 0 radical (unpaired) electrons. The predicted octanol–water partition coefficient (Wildman–Crippen LogP) is 4.77. The van der Waals surface area contributed by atoms with E-state index in [9.17, 15) is 4.91 Å². The largest absolute Gasteiger partial charge is 0.343 e. The number of hydrogen-bond donors (Lipinski definition) is 0. The summed E-state index contributed by atoms with van der Waals surface area (Å²) >= 11 is 0. The number of benzene rings is 2. The van der Waals surface area contributed by atoms with Crippen LogP contribution < -0.4 is 0 Å². The fourth-order valence-electron chi connectivity index (χ4n) is 2.58. The second-order valence-electron chi connectivity index (χ2n) is 5.04. The van der Waals surface area contributed by atoms with Crippen LogP contribution in [-0.2, 0) is 0 Å². The van der Waals surface area contributed by atoms with Gasteiger partial charge in [-0.3, -0.25) is 0 Å². The average molecular weight is 288 g/mol. The third-order valence-electron chi connectivity index (χ3n) is 3.61. The van der Waals surface area contributed by atoms with Crippen molar-refractivity contribution in [3.8, 4) is 0 Å². The smallest absolute Gasteiger partial charge is 0.0833 e. The van der Waals surface area contributed by atoms with Gasteiger partial charge in [0, 0.05) is 12.4 Å². The summed E-state index contributed by atoms with van der Waals surface area (Å²) in [6.45, 7) is 0. The molecule has 1 aliphatic rings. The van der Waals surface area contributed by atoms with Crippen molar-refractivity contribution in [2.75, 3.05) is 0 Å². The van der Waals surface area contributed by atoms with Crippen LogP contribution in [0.25, 0.3) is 0 Å². The molecule has 0 saturated carbocycles. The van der Waals surface area contributed by atoms with Crippen molar-refractivity contribution in [3.63, 3.8) is 0 Å². The molecule has 1 heterocycles. The maximum absolute atomic E-state index is 10.3. The predicted molar refractivity (Wildman–Crippen MR) is 88.7 cm³/mol. The summed E-state index contributed by atoms with van der Waals surface area (Å²) in [7, 11) is 0. The fourth-order valence-corrected chi connectivity index (χ4v) is 2.58. The summed E-state index contributed by atoms with van der Waals surface area (Å²) in [6, 6.07) is 20.8. The fraction of sp³-hybridized carbons (Fsp3) is 0.0526. The molecule has 0 spiro atoms. The van der Waals surface area contributed by atoms with E-state index in [4.69, 9.17) is 0 Å². The standard InChI is InChI=1S/C19H16N2O/c22-20-15-16-11-13-21(14-12-16)19(17-7-3-1-4-8-17)18-9-5-2-6-10-18/h1-15,19H. The van der Waals surface area contributed by atoms with Gasteiger partial charge in [0.15, 0.2) is 0 Å². The molecule has 0 saturated heterocycles. The number of hydrogen-bond acceptors (Lipinski definition) is 3. The van der Waals surface area contributed by atoms with Crippen molar-refractivity contribution in [3.05, 3.63) is 113 Å². The van der Waals surface area contributed by atoms with Gasteiger partial charge in [-0.15, -0.1) is 4.91 Å². The lowest BCUT2D eigenvalue weighted by Gasteiger charge is -2.30. The van der Waals surface area contributed by atoms with E-state index in [1.807, 2.05) is 61.0 Å². The van der Waals surface area contributed by atoms with Crippen LogP contribution in [0.1, 0.15) is 17.2 Å². The van der Waals surface area contributed by atoms with E-state index in [1.54, 1.807) is 0 Å². The van der Waals surface area contributed by atoms with E-state index in [0.29, 0.717) is 0 Å². The Morgan fingerprint density at radius 1 is 0.818 bits per heavy atom. The molecule has 0 unspecified atom stereocenters. The first-order chi connectivity index (χ1) is 10.9. The molecule has 108 valence electrons. The Bertz CT molecular complexity index is 662. The van der Waals surface area contributed by atoms with Gasteiger partial charge in [-0.05, 0) is 34.0 Å². The van der Waals surface area contributed by atoms with E-state index < -0.39 is 0 Å². The second-order valence-corrected chi connectivity index (χ2v) is 5.04. The van der Waals surface area contributed by atoms with Crippen molar-refractivity contribution in [1.29, 1.82) is 0 Å². The lowest BCUT2D eigenvalue weighted by molar-refractivity contribution is 0.424. The average Bonchev–Trinajstić information content (AvgIpc) is 2.59. The van der Waals surface area contributed by atoms with Crippen LogP contribution >= 0.6 is 0 Å². The molecule has 0 aliphatic carbocycles. The number of rotatable bonds is 4. The third kappa shape index (κ3) is 3.04. The molecule has 0 bridgehead atoms. The van der Waals surface area contributed by atoms with Gasteiger partial charge in [0.25, 0.3) is 0 Å². The summed E-state index contributed by atoms with van der Waals surface area (Å²) in [5, 5.41) is 2.81. The third-order valence-corrected chi connectivity index (χ3v) is 3.61. The quantitative estimate of drug-likeness (QED) is 0.759. The summed E-state index contributed by atoms with van der Waals surface area (Å²) in [5.41, 5.74) is 3.22. The maximum atomic E-state index is 10.3. The number of nitroso groups, excluding NO2 is 1. The first kappa shape index (κ1) is 14.0. The van der Waals surface area contributed by atoms with Crippen molar-refractivity contribution in [2.45, 2.75) is 6.04 Å². The highest BCUT2D eigenvalue weighted by Gasteiger charge is 2.19. The molecule has 0 amide bonds. The Morgan fingerprint density at radius 2 is 1.32 bits per heavy atom. The first-order valence-corrected chi connectivity index (χ1v) is 7.15. The van der Waals surface area contributed by atoms with Gasteiger partial charge in [0.05, 0.1) is 12.2 Å². The molecule has 0 fully saturated rings. The molecule has 22 heavy (non-hydrogen) atoms. The van der Waals surface area contributed by atoms with Gasteiger partial charge in [-0.2, -0.15) is 0 Å². The highest BCUT2D eigenvalue weighted by molar-refractivity contribution is 5.38. The summed E-state index contributed by atoms with van der Waals surface area (Å²) < 4.78 is 0. The minimum Gasteiger partial charge on any atom is -0.343 e. The van der Waals surface area contributed by atoms with Crippen molar-refractivity contribution < 1.29 is 0 Å². The van der Waals surface area contributed by atoms with Crippen LogP contribution in [0.5, 0.6) is 0 Å². The maximum Gasteiger partial charge on any atom is 0.0833 e. The van der Waals surface area contributed by atoms with Crippen LogP contribution in [-0.4, -0.2) is 4.90 Å². The minimum absolute atomic E-state index is 0.0978. The molecular weight excluding hydrogens is 272 g/mol. The highest BCUT2D eigenvalue weighted by Crippen LogP contribution is 2.30. The van der Waals surface area contributed by atoms with Crippen LogP contribution in [0.2, 0.25) is 0 Å². The zero-order valence-electron chi connectivity index (χ0n) is 12.0. The first-order valence-electron chi connectivity index (χ1n) is 7.15. The van der Waals surface area contributed by atoms with Crippen LogP contribution in [0.3, 0.4) is 0 Å². The molecule has 3 heteroatoms. The topological polar surface area (TPSA) is 32.7 Å². The Kier molecular flexibility index (Phi) is 4.25. The highest BCUT2D eigenvalue weighted by atomic mass is 16.2. The molecule has 2 aromatic rings. The van der Waals surface area contributed by atoms with E-state index in [2.05, 4.69) is 34.3 Å². The zero-order chi connectivity index (χ0) is 15.2. The van der Waals surface area contributed by atoms with Gasteiger partial charge < -0.3 is 4.90 Å². The molecule has 3 rings (SSSR count). The molecule has 0 atom stereocenters. The second kappa shape index (κ2) is 6.68. The van der Waals surface area contributed by atoms with E-state index >= 15 is 0 Å². The van der Waals surface area contributed by atoms with Gasteiger partial charge in [0.1, 0.15) is 0 Å². The van der Waals surface area contributed by atoms with Crippen molar-refractivity contribution in [1.82, 2.24) is 4.90 Å². The number of nitrogens with zero attached hydrogens (tertiary/aromatic N) is 2. The summed E-state index contributed by atoms with van der Waals surface area (Å²) in [4.78, 5) is 12.5. The molecule has 0 aromatic heterocycles. The SMILES string of the molecule is O=NC=C1C=CN(C(c2ccccc2)c2ccccc2)C=C1. The Hall–Kier alpha value is -2.94. The van der Waals surface area contributed by atoms with Gasteiger partial charge in [0.2, 0.25) is 0 Å². The van der Waals surface area contributed by atoms with Crippen LogP contribution in [0.15, 0.2) is 102 Å². The Morgan fingerprint density at radius 3 is 1.77 bits per heavy atom. The monoisotopic (exact) mass is 288 g/mol. The molecule has 0 N–H and O–H groups in total. The van der Waals surface area contributed by atoms with Crippen molar-refractivity contribution in [2.24, 2.45) is 5.18 Å². The molecule has 3 nitrogen and oxygen atoms in total.